The Bertz CT molecular complexity index is 372. The molecule has 88 valence electrons. The van der Waals surface area contributed by atoms with Crippen molar-refractivity contribution in [3.05, 3.63) is 35.9 Å². The van der Waals surface area contributed by atoms with Gasteiger partial charge in [-0.05, 0) is 29.3 Å². The summed E-state index contributed by atoms with van der Waals surface area (Å²) in [7, 11) is 1.46. The molecular formula is C11H11F3O2. The second-order valence-electron chi connectivity index (χ2n) is 3.10. The van der Waals surface area contributed by atoms with Crippen LogP contribution in [0.2, 0.25) is 0 Å². The van der Waals surface area contributed by atoms with Crippen LogP contribution in [0, 0.1) is 0 Å². The summed E-state index contributed by atoms with van der Waals surface area (Å²) in [6, 6.07) is 4.23. The van der Waals surface area contributed by atoms with Crippen molar-refractivity contribution in [2.24, 2.45) is 0 Å². The zero-order valence-electron chi connectivity index (χ0n) is 8.67. The second-order valence-corrected chi connectivity index (χ2v) is 3.10. The highest BCUT2D eigenvalue weighted by Crippen LogP contribution is 2.25. The molecule has 0 saturated heterocycles. The predicted octanol–water partition coefficient (Wildman–Crippen LogP) is 3.37. The standard InChI is InChI=1S/C11H11F3O2/c1-3-8-4-9(7-15-2)6-10(5-8)16-11(12,13)14/h3-6H,1,7H2,2H3. The van der Waals surface area contributed by atoms with Gasteiger partial charge in [0.2, 0.25) is 0 Å². The largest absolute Gasteiger partial charge is 0.573 e. The lowest BCUT2D eigenvalue weighted by molar-refractivity contribution is -0.274. The van der Waals surface area contributed by atoms with Crippen molar-refractivity contribution in [2.45, 2.75) is 13.0 Å². The van der Waals surface area contributed by atoms with Crippen molar-refractivity contribution in [1.82, 2.24) is 0 Å². The van der Waals surface area contributed by atoms with Crippen LogP contribution in [0.25, 0.3) is 6.08 Å². The van der Waals surface area contributed by atoms with E-state index >= 15 is 0 Å². The van der Waals surface area contributed by atoms with Gasteiger partial charge in [-0.2, -0.15) is 0 Å². The molecule has 0 heterocycles. The van der Waals surface area contributed by atoms with Gasteiger partial charge in [0, 0.05) is 7.11 Å². The first kappa shape index (κ1) is 12.6. The highest BCUT2D eigenvalue weighted by Gasteiger charge is 2.31. The van der Waals surface area contributed by atoms with Gasteiger partial charge in [-0.3, -0.25) is 0 Å². The van der Waals surface area contributed by atoms with Gasteiger partial charge in [0.15, 0.2) is 0 Å². The summed E-state index contributed by atoms with van der Waals surface area (Å²) in [6.45, 7) is 3.71. The maximum absolute atomic E-state index is 12.0. The second kappa shape index (κ2) is 5.03. The summed E-state index contributed by atoms with van der Waals surface area (Å²) in [4.78, 5) is 0. The summed E-state index contributed by atoms with van der Waals surface area (Å²) >= 11 is 0. The predicted molar refractivity (Wildman–Crippen MR) is 53.9 cm³/mol. The van der Waals surface area contributed by atoms with E-state index in [2.05, 4.69) is 11.3 Å². The molecule has 0 aliphatic heterocycles. The Hall–Kier alpha value is -1.49. The van der Waals surface area contributed by atoms with Crippen LogP contribution in [0.3, 0.4) is 0 Å². The van der Waals surface area contributed by atoms with Crippen LogP contribution in [0.15, 0.2) is 24.8 Å². The Morgan fingerprint density at radius 3 is 2.50 bits per heavy atom. The molecule has 0 radical (unpaired) electrons. The first-order valence-corrected chi connectivity index (χ1v) is 4.45. The average molecular weight is 232 g/mol. The van der Waals surface area contributed by atoms with Crippen LogP contribution >= 0.6 is 0 Å². The molecule has 1 rings (SSSR count). The highest BCUT2D eigenvalue weighted by atomic mass is 19.4. The van der Waals surface area contributed by atoms with Crippen LogP contribution in [-0.2, 0) is 11.3 Å². The molecule has 0 unspecified atom stereocenters. The Balaban J connectivity index is 2.99. The van der Waals surface area contributed by atoms with E-state index in [1.165, 1.54) is 25.3 Å². The molecule has 0 spiro atoms. The van der Waals surface area contributed by atoms with Gasteiger partial charge in [0.1, 0.15) is 5.75 Å². The molecule has 1 aromatic carbocycles. The van der Waals surface area contributed by atoms with Crippen LogP contribution in [0.5, 0.6) is 5.75 Å². The van der Waals surface area contributed by atoms with Gasteiger partial charge < -0.3 is 9.47 Å². The monoisotopic (exact) mass is 232 g/mol. The van der Waals surface area contributed by atoms with Crippen LogP contribution < -0.4 is 4.74 Å². The molecule has 0 aliphatic rings. The maximum Gasteiger partial charge on any atom is 0.573 e. The SMILES string of the molecule is C=Cc1cc(COC)cc(OC(F)(F)F)c1. The topological polar surface area (TPSA) is 18.5 Å². The Labute approximate surface area is 91.3 Å². The fraction of sp³-hybridized carbons (Fsp3) is 0.273. The minimum Gasteiger partial charge on any atom is -0.406 e. The Kier molecular flexibility index (Phi) is 3.95. The molecule has 5 heteroatoms. The van der Waals surface area contributed by atoms with E-state index in [0.29, 0.717) is 11.1 Å². The van der Waals surface area contributed by atoms with E-state index in [1.807, 2.05) is 0 Å². The third-order valence-corrected chi connectivity index (χ3v) is 1.77. The maximum atomic E-state index is 12.0. The minimum atomic E-state index is -4.69. The Morgan fingerprint density at radius 2 is 2.00 bits per heavy atom. The summed E-state index contributed by atoms with van der Waals surface area (Å²) in [6.07, 6.45) is -3.24. The third-order valence-electron chi connectivity index (χ3n) is 1.77. The van der Waals surface area contributed by atoms with Crippen molar-refractivity contribution in [3.63, 3.8) is 0 Å². The zero-order valence-corrected chi connectivity index (χ0v) is 8.67. The van der Waals surface area contributed by atoms with Gasteiger partial charge in [0.05, 0.1) is 6.61 Å². The number of methoxy groups -OCH3 is 1. The van der Waals surface area contributed by atoms with Crippen molar-refractivity contribution in [3.8, 4) is 5.75 Å². The quantitative estimate of drug-likeness (QED) is 0.792. The van der Waals surface area contributed by atoms with E-state index in [-0.39, 0.29) is 12.4 Å². The molecule has 0 bridgehead atoms. The van der Waals surface area contributed by atoms with Crippen molar-refractivity contribution >= 4 is 6.08 Å². The highest BCUT2D eigenvalue weighted by molar-refractivity contribution is 5.51. The molecule has 1 aromatic rings. The fourth-order valence-electron chi connectivity index (χ4n) is 1.25. The number of alkyl halides is 3. The number of hydrogen-bond donors (Lipinski definition) is 0. The zero-order chi connectivity index (χ0) is 12.2. The minimum absolute atomic E-state index is 0.218. The summed E-state index contributed by atoms with van der Waals surface area (Å²) in [5.74, 6) is -0.267. The molecule has 0 amide bonds. The molecule has 0 N–H and O–H groups in total. The van der Waals surface area contributed by atoms with Crippen molar-refractivity contribution < 1.29 is 22.6 Å². The third kappa shape index (κ3) is 3.94. The van der Waals surface area contributed by atoms with E-state index in [4.69, 9.17) is 4.74 Å². The molecule has 16 heavy (non-hydrogen) atoms. The van der Waals surface area contributed by atoms with Gasteiger partial charge in [-0.25, -0.2) is 0 Å². The lowest BCUT2D eigenvalue weighted by atomic mass is 10.1. The fourth-order valence-corrected chi connectivity index (χ4v) is 1.25. The van der Waals surface area contributed by atoms with Crippen molar-refractivity contribution in [2.75, 3.05) is 7.11 Å². The number of halogens is 3. The normalized spacial score (nSPS) is 11.2. The molecule has 0 fully saturated rings. The summed E-state index contributed by atoms with van der Waals surface area (Å²) in [5.41, 5.74) is 1.15. The van der Waals surface area contributed by atoms with Gasteiger partial charge in [0.25, 0.3) is 0 Å². The van der Waals surface area contributed by atoms with E-state index in [1.54, 1.807) is 6.07 Å². The molecule has 0 atom stereocenters. The molecule has 0 aromatic heterocycles. The molecule has 0 aliphatic carbocycles. The van der Waals surface area contributed by atoms with Gasteiger partial charge in [-0.15, -0.1) is 13.2 Å². The average Bonchev–Trinajstić information content (AvgIpc) is 2.15. The first-order valence-electron chi connectivity index (χ1n) is 4.45. The number of rotatable bonds is 4. The van der Waals surface area contributed by atoms with Gasteiger partial charge >= 0.3 is 6.36 Å². The van der Waals surface area contributed by atoms with Crippen molar-refractivity contribution in [1.29, 1.82) is 0 Å². The van der Waals surface area contributed by atoms with Gasteiger partial charge in [-0.1, -0.05) is 12.7 Å². The summed E-state index contributed by atoms with van der Waals surface area (Å²) < 4.78 is 44.7. The number of hydrogen-bond acceptors (Lipinski definition) is 2. The molecule has 2 nitrogen and oxygen atoms in total. The number of benzene rings is 1. The van der Waals surface area contributed by atoms with Crippen LogP contribution in [0.1, 0.15) is 11.1 Å². The van der Waals surface area contributed by atoms with E-state index in [0.717, 1.165) is 0 Å². The lowest BCUT2D eigenvalue weighted by Gasteiger charge is -2.11. The lowest BCUT2D eigenvalue weighted by Crippen LogP contribution is -2.17. The molecular weight excluding hydrogens is 221 g/mol. The van der Waals surface area contributed by atoms with E-state index in [9.17, 15) is 13.2 Å². The van der Waals surface area contributed by atoms with Crippen LogP contribution in [0.4, 0.5) is 13.2 Å². The van der Waals surface area contributed by atoms with E-state index < -0.39 is 6.36 Å². The first-order chi connectivity index (χ1) is 7.44. The smallest absolute Gasteiger partial charge is 0.406 e. The number of ether oxygens (including phenoxy) is 2. The van der Waals surface area contributed by atoms with Crippen LogP contribution in [-0.4, -0.2) is 13.5 Å². The molecule has 0 saturated carbocycles. The Morgan fingerprint density at radius 1 is 1.31 bits per heavy atom. The summed E-state index contributed by atoms with van der Waals surface area (Å²) in [5, 5.41) is 0.